The molecule has 2 rings (SSSR count). The minimum absolute atomic E-state index is 0.0386. The number of rotatable bonds is 5. The van der Waals surface area contributed by atoms with Crippen LogP contribution < -0.4 is 5.56 Å². The van der Waals surface area contributed by atoms with Crippen LogP contribution in [-0.2, 0) is 4.79 Å². The lowest BCUT2D eigenvalue weighted by Gasteiger charge is -2.18. The Balaban J connectivity index is 2.42. The number of aliphatic carboxylic acids is 1. The van der Waals surface area contributed by atoms with Gasteiger partial charge in [-0.25, -0.2) is 4.98 Å². The predicted molar refractivity (Wildman–Crippen MR) is 73.1 cm³/mol. The minimum Gasteiger partial charge on any atom is -0.480 e. The maximum absolute atomic E-state index is 12.2. The third-order valence-corrected chi connectivity index (χ3v) is 3.31. The van der Waals surface area contributed by atoms with Crippen LogP contribution in [0.15, 0.2) is 35.2 Å². The number of aromatic nitrogens is 2. The molecule has 8 heteroatoms. The molecule has 20 heavy (non-hydrogen) atoms. The van der Waals surface area contributed by atoms with E-state index < -0.39 is 24.0 Å². The Hall–Kier alpha value is -2.48. The summed E-state index contributed by atoms with van der Waals surface area (Å²) < 4.78 is 1.25. The molecule has 0 unspecified atom stereocenters. The second-order valence-electron chi connectivity index (χ2n) is 3.90. The number of carbonyl (C=O) groups is 2. The average molecular weight is 293 g/mol. The maximum atomic E-state index is 12.2. The summed E-state index contributed by atoms with van der Waals surface area (Å²) in [5.74, 6) is -1.84. The molecule has 1 amide bonds. The largest absolute Gasteiger partial charge is 0.480 e. The van der Waals surface area contributed by atoms with E-state index in [0.29, 0.717) is 4.96 Å². The van der Waals surface area contributed by atoms with Gasteiger partial charge < -0.3 is 10.0 Å². The Morgan fingerprint density at radius 1 is 1.55 bits per heavy atom. The van der Waals surface area contributed by atoms with E-state index in [1.165, 1.54) is 34.2 Å². The molecule has 0 aliphatic carbocycles. The Labute approximate surface area is 117 Å². The van der Waals surface area contributed by atoms with Crippen LogP contribution in [0.5, 0.6) is 0 Å². The monoisotopic (exact) mass is 293 g/mol. The van der Waals surface area contributed by atoms with Gasteiger partial charge in [-0.05, 0) is 0 Å². The first-order chi connectivity index (χ1) is 9.54. The second kappa shape index (κ2) is 5.66. The van der Waals surface area contributed by atoms with Crippen LogP contribution in [0.2, 0.25) is 0 Å². The molecule has 0 spiro atoms. The highest BCUT2D eigenvalue weighted by Crippen LogP contribution is 2.07. The van der Waals surface area contributed by atoms with Crippen LogP contribution in [0.1, 0.15) is 10.4 Å². The summed E-state index contributed by atoms with van der Waals surface area (Å²) in [5.41, 5.74) is -0.676. The smallest absolute Gasteiger partial charge is 0.323 e. The first-order valence-electron chi connectivity index (χ1n) is 5.61. The molecule has 0 bridgehead atoms. The van der Waals surface area contributed by atoms with Crippen molar-refractivity contribution in [3.63, 3.8) is 0 Å². The highest BCUT2D eigenvalue weighted by Gasteiger charge is 2.21. The first-order valence-corrected chi connectivity index (χ1v) is 6.49. The fourth-order valence-electron chi connectivity index (χ4n) is 1.68. The lowest BCUT2D eigenvalue weighted by Crippen LogP contribution is -2.39. The SMILES string of the molecule is C=CCN(CC(=O)O)C(=O)c1cnc2sccn2c1=O. The number of hydrogen-bond donors (Lipinski definition) is 1. The average Bonchev–Trinajstić information content (AvgIpc) is 2.87. The predicted octanol–water partition coefficient (Wildman–Crippen LogP) is 0.469. The summed E-state index contributed by atoms with van der Waals surface area (Å²) in [6.45, 7) is 3.00. The van der Waals surface area contributed by atoms with Crippen molar-refractivity contribution in [3.8, 4) is 0 Å². The third-order valence-electron chi connectivity index (χ3n) is 2.54. The molecule has 2 aromatic heterocycles. The number of amides is 1. The quantitative estimate of drug-likeness (QED) is 0.809. The lowest BCUT2D eigenvalue weighted by molar-refractivity contribution is -0.137. The molecule has 0 saturated heterocycles. The van der Waals surface area contributed by atoms with E-state index in [-0.39, 0.29) is 12.1 Å². The van der Waals surface area contributed by atoms with Crippen LogP contribution in [-0.4, -0.2) is 44.4 Å². The standard InChI is InChI=1S/C12H11N3O4S/c1-2-3-14(7-9(16)17)10(18)8-6-13-12-15(11(8)19)4-5-20-12/h2,4-6H,1,3,7H2,(H,16,17). The Morgan fingerprint density at radius 3 is 2.95 bits per heavy atom. The van der Waals surface area contributed by atoms with Gasteiger partial charge >= 0.3 is 5.97 Å². The Bertz CT molecular complexity index is 734. The van der Waals surface area contributed by atoms with Crippen molar-refractivity contribution in [2.45, 2.75) is 0 Å². The van der Waals surface area contributed by atoms with Gasteiger partial charge in [0.05, 0.1) is 0 Å². The molecular formula is C12H11N3O4S. The number of carboxylic acid groups (broad SMARTS) is 1. The molecule has 0 fully saturated rings. The minimum atomic E-state index is -1.16. The van der Waals surface area contributed by atoms with Crippen molar-refractivity contribution in [2.75, 3.05) is 13.1 Å². The summed E-state index contributed by atoms with van der Waals surface area (Å²) in [6.07, 6.45) is 4.09. The summed E-state index contributed by atoms with van der Waals surface area (Å²) in [6, 6.07) is 0. The zero-order valence-electron chi connectivity index (χ0n) is 10.4. The molecule has 0 aromatic carbocycles. The van der Waals surface area contributed by atoms with Gasteiger partial charge in [-0.15, -0.1) is 17.9 Å². The van der Waals surface area contributed by atoms with Crippen molar-refractivity contribution in [3.05, 3.63) is 46.3 Å². The summed E-state index contributed by atoms with van der Waals surface area (Å²) in [5, 5.41) is 10.5. The Morgan fingerprint density at radius 2 is 2.30 bits per heavy atom. The lowest BCUT2D eigenvalue weighted by atomic mass is 10.2. The van der Waals surface area contributed by atoms with Gasteiger partial charge in [-0.3, -0.25) is 18.8 Å². The number of fused-ring (bicyclic) bond motifs is 1. The van der Waals surface area contributed by atoms with E-state index >= 15 is 0 Å². The molecule has 0 atom stereocenters. The number of nitrogens with zero attached hydrogens (tertiary/aromatic N) is 3. The molecule has 1 N–H and O–H groups in total. The topological polar surface area (TPSA) is 92.0 Å². The van der Waals surface area contributed by atoms with Gasteiger partial charge in [-0.2, -0.15) is 0 Å². The normalized spacial score (nSPS) is 10.4. The van der Waals surface area contributed by atoms with Crippen LogP contribution in [0, 0.1) is 0 Å². The van der Waals surface area contributed by atoms with Crippen LogP contribution in [0.3, 0.4) is 0 Å². The molecule has 0 saturated carbocycles. The summed E-state index contributed by atoms with van der Waals surface area (Å²) in [7, 11) is 0. The van der Waals surface area contributed by atoms with Crippen molar-refractivity contribution >= 4 is 28.2 Å². The molecule has 2 heterocycles. The summed E-state index contributed by atoms with van der Waals surface area (Å²) in [4.78, 5) is 40.6. The van der Waals surface area contributed by atoms with Crippen molar-refractivity contribution in [1.82, 2.24) is 14.3 Å². The molecule has 0 radical (unpaired) electrons. The van der Waals surface area contributed by atoms with Crippen molar-refractivity contribution in [1.29, 1.82) is 0 Å². The van der Waals surface area contributed by atoms with Gasteiger partial charge in [0, 0.05) is 24.3 Å². The maximum Gasteiger partial charge on any atom is 0.323 e. The van der Waals surface area contributed by atoms with Gasteiger partial charge in [0.2, 0.25) is 0 Å². The van der Waals surface area contributed by atoms with Crippen LogP contribution >= 0.6 is 11.3 Å². The van der Waals surface area contributed by atoms with E-state index in [4.69, 9.17) is 5.11 Å². The van der Waals surface area contributed by atoms with Crippen LogP contribution in [0.25, 0.3) is 4.96 Å². The fourth-order valence-corrected chi connectivity index (χ4v) is 2.36. The second-order valence-corrected chi connectivity index (χ2v) is 4.77. The van der Waals surface area contributed by atoms with E-state index in [9.17, 15) is 14.4 Å². The van der Waals surface area contributed by atoms with Gasteiger partial charge in [0.25, 0.3) is 11.5 Å². The van der Waals surface area contributed by atoms with Crippen LogP contribution in [0.4, 0.5) is 0 Å². The highest BCUT2D eigenvalue weighted by molar-refractivity contribution is 7.15. The zero-order valence-corrected chi connectivity index (χ0v) is 11.2. The number of carboxylic acids is 1. The molecular weight excluding hydrogens is 282 g/mol. The molecule has 2 aromatic rings. The van der Waals surface area contributed by atoms with Gasteiger partial charge in [0.15, 0.2) is 4.96 Å². The van der Waals surface area contributed by atoms with E-state index in [2.05, 4.69) is 11.6 Å². The number of carbonyl (C=O) groups excluding carboxylic acids is 1. The molecule has 7 nitrogen and oxygen atoms in total. The van der Waals surface area contributed by atoms with Gasteiger partial charge in [0.1, 0.15) is 12.1 Å². The van der Waals surface area contributed by atoms with E-state index in [0.717, 1.165) is 4.90 Å². The van der Waals surface area contributed by atoms with Gasteiger partial charge in [-0.1, -0.05) is 6.08 Å². The third kappa shape index (κ3) is 2.59. The molecule has 104 valence electrons. The number of thiazole rings is 1. The highest BCUT2D eigenvalue weighted by atomic mass is 32.1. The first kappa shape index (κ1) is 13.9. The van der Waals surface area contributed by atoms with Crippen molar-refractivity contribution < 1.29 is 14.7 Å². The molecule has 0 aliphatic heterocycles. The van der Waals surface area contributed by atoms with E-state index in [1.54, 1.807) is 5.38 Å². The number of hydrogen-bond acceptors (Lipinski definition) is 5. The van der Waals surface area contributed by atoms with E-state index in [1.807, 2.05) is 0 Å². The zero-order chi connectivity index (χ0) is 14.7. The summed E-state index contributed by atoms with van der Waals surface area (Å²) >= 11 is 1.27. The van der Waals surface area contributed by atoms with Crippen molar-refractivity contribution in [2.24, 2.45) is 0 Å². The molecule has 0 aliphatic rings. The fraction of sp³-hybridized carbons (Fsp3) is 0.167. The Kier molecular flexibility index (Phi) is 3.94.